The number of rotatable bonds is 6. The molecule has 0 bridgehead atoms. The number of nitrogens with one attached hydrogen (secondary N) is 1. The summed E-state index contributed by atoms with van der Waals surface area (Å²) in [5.74, 6) is 0.889. The third-order valence-electron chi connectivity index (χ3n) is 3.65. The maximum Gasteiger partial charge on any atom is 0.0137 e. The summed E-state index contributed by atoms with van der Waals surface area (Å²) in [5.41, 5.74) is 5.80. The summed E-state index contributed by atoms with van der Waals surface area (Å²) in [4.78, 5) is 2.46. The lowest BCUT2D eigenvalue weighted by atomic mass is 9.94. The molecule has 0 aromatic rings. The Bertz CT molecular complexity index is 192. The van der Waals surface area contributed by atoms with Crippen molar-refractivity contribution in [2.24, 2.45) is 11.7 Å². The van der Waals surface area contributed by atoms with Crippen molar-refractivity contribution in [1.29, 1.82) is 0 Å². The molecule has 1 saturated heterocycles. The quantitative estimate of drug-likeness (QED) is 0.721. The molecule has 0 aromatic carbocycles. The number of hydrogen-bond acceptors (Lipinski definition) is 3. The van der Waals surface area contributed by atoms with Crippen LogP contribution in [0.1, 0.15) is 39.5 Å². The van der Waals surface area contributed by atoms with Crippen molar-refractivity contribution in [3.63, 3.8) is 0 Å². The first-order valence-electron chi connectivity index (χ1n) is 6.67. The van der Waals surface area contributed by atoms with Crippen LogP contribution in [-0.4, -0.2) is 43.7 Å². The second kappa shape index (κ2) is 6.58. The Kier molecular flexibility index (Phi) is 5.73. The van der Waals surface area contributed by atoms with Gasteiger partial charge < -0.3 is 16.0 Å². The molecule has 0 spiro atoms. The Labute approximate surface area is 101 Å². The van der Waals surface area contributed by atoms with Crippen LogP contribution in [0.15, 0.2) is 0 Å². The molecule has 3 nitrogen and oxygen atoms in total. The smallest absolute Gasteiger partial charge is 0.0137 e. The standard InChI is InChI=1S/C13H29N3/c1-13(2,7-8-14)15-9-6-12-5-4-10-16(3)11-12/h12,15H,4-11,14H2,1-3H3. The predicted molar refractivity (Wildman–Crippen MR) is 70.6 cm³/mol. The van der Waals surface area contributed by atoms with E-state index in [1.54, 1.807) is 0 Å². The largest absolute Gasteiger partial charge is 0.330 e. The van der Waals surface area contributed by atoms with Crippen LogP contribution in [0.25, 0.3) is 0 Å². The zero-order chi connectivity index (χ0) is 12.0. The van der Waals surface area contributed by atoms with Crippen molar-refractivity contribution in [3.8, 4) is 0 Å². The van der Waals surface area contributed by atoms with Gasteiger partial charge in [0.05, 0.1) is 0 Å². The van der Waals surface area contributed by atoms with Crippen LogP contribution in [0, 0.1) is 5.92 Å². The molecule has 1 atom stereocenters. The maximum absolute atomic E-state index is 5.60. The third kappa shape index (κ3) is 5.28. The van der Waals surface area contributed by atoms with Crippen LogP contribution in [0.3, 0.4) is 0 Å². The molecule has 1 aliphatic heterocycles. The van der Waals surface area contributed by atoms with Gasteiger partial charge >= 0.3 is 0 Å². The predicted octanol–water partition coefficient (Wildman–Crippen LogP) is 1.44. The minimum Gasteiger partial charge on any atom is -0.330 e. The van der Waals surface area contributed by atoms with Crippen molar-refractivity contribution < 1.29 is 0 Å². The maximum atomic E-state index is 5.60. The van der Waals surface area contributed by atoms with Crippen LogP contribution < -0.4 is 11.1 Å². The molecule has 0 radical (unpaired) electrons. The highest BCUT2D eigenvalue weighted by Gasteiger charge is 2.19. The molecular formula is C13H29N3. The molecule has 0 amide bonds. The number of nitrogens with two attached hydrogens (primary N) is 1. The summed E-state index contributed by atoms with van der Waals surface area (Å²) >= 11 is 0. The Balaban J connectivity index is 2.14. The zero-order valence-electron chi connectivity index (χ0n) is 11.3. The average Bonchev–Trinajstić information content (AvgIpc) is 2.17. The van der Waals surface area contributed by atoms with E-state index < -0.39 is 0 Å². The first-order chi connectivity index (χ1) is 7.53. The SMILES string of the molecule is CN1CCCC(CCNC(C)(C)CCN)C1. The molecule has 3 heteroatoms. The molecular weight excluding hydrogens is 198 g/mol. The van der Waals surface area contributed by atoms with E-state index in [-0.39, 0.29) is 5.54 Å². The van der Waals surface area contributed by atoms with Gasteiger partial charge in [0.1, 0.15) is 0 Å². The summed E-state index contributed by atoms with van der Waals surface area (Å²) in [6, 6.07) is 0. The molecule has 1 heterocycles. The third-order valence-corrected chi connectivity index (χ3v) is 3.65. The van der Waals surface area contributed by atoms with E-state index in [0.717, 1.165) is 25.4 Å². The van der Waals surface area contributed by atoms with E-state index in [2.05, 4.69) is 31.1 Å². The average molecular weight is 227 g/mol. The lowest BCUT2D eigenvalue weighted by Crippen LogP contribution is -2.42. The normalized spacial score (nSPS) is 23.6. The van der Waals surface area contributed by atoms with Crippen LogP contribution in [0.4, 0.5) is 0 Å². The molecule has 1 fully saturated rings. The molecule has 0 aliphatic carbocycles. The highest BCUT2D eigenvalue weighted by Crippen LogP contribution is 2.18. The van der Waals surface area contributed by atoms with E-state index in [1.807, 2.05) is 0 Å². The number of nitrogens with zero attached hydrogens (tertiary/aromatic N) is 1. The van der Waals surface area contributed by atoms with Crippen LogP contribution in [0.2, 0.25) is 0 Å². The van der Waals surface area contributed by atoms with Crippen LogP contribution in [0.5, 0.6) is 0 Å². The van der Waals surface area contributed by atoms with E-state index in [1.165, 1.54) is 32.4 Å². The molecule has 96 valence electrons. The van der Waals surface area contributed by atoms with Gasteiger partial charge in [0, 0.05) is 12.1 Å². The fraction of sp³-hybridized carbons (Fsp3) is 1.00. The van der Waals surface area contributed by atoms with E-state index in [0.29, 0.717) is 0 Å². The van der Waals surface area contributed by atoms with E-state index in [9.17, 15) is 0 Å². The van der Waals surface area contributed by atoms with Gasteiger partial charge in [-0.2, -0.15) is 0 Å². The topological polar surface area (TPSA) is 41.3 Å². The van der Waals surface area contributed by atoms with E-state index in [4.69, 9.17) is 5.73 Å². The zero-order valence-corrected chi connectivity index (χ0v) is 11.3. The molecule has 1 unspecified atom stereocenters. The lowest BCUT2D eigenvalue weighted by molar-refractivity contribution is 0.197. The minimum atomic E-state index is 0.204. The summed E-state index contributed by atoms with van der Waals surface area (Å²) in [6.07, 6.45) is 5.13. The lowest BCUT2D eigenvalue weighted by Gasteiger charge is -2.31. The monoisotopic (exact) mass is 227 g/mol. The van der Waals surface area contributed by atoms with Crippen molar-refractivity contribution in [1.82, 2.24) is 10.2 Å². The van der Waals surface area contributed by atoms with Crippen molar-refractivity contribution in [2.75, 3.05) is 33.2 Å². The summed E-state index contributed by atoms with van der Waals surface area (Å²) in [5, 5.41) is 3.62. The Morgan fingerprint density at radius 2 is 2.19 bits per heavy atom. The molecule has 16 heavy (non-hydrogen) atoms. The number of hydrogen-bond donors (Lipinski definition) is 2. The fourth-order valence-electron chi connectivity index (χ4n) is 2.57. The second-order valence-corrected chi connectivity index (χ2v) is 5.91. The van der Waals surface area contributed by atoms with Crippen molar-refractivity contribution >= 4 is 0 Å². The van der Waals surface area contributed by atoms with Gasteiger partial charge in [0.15, 0.2) is 0 Å². The molecule has 1 aliphatic rings. The fourth-order valence-corrected chi connectivity index (χ4v) is 2.57. The molecule has 3 N–H and O–H groups in total. The molecule has 0 saturated carbocycles. The number of likely N-dealkylation sites (tertiary alicyclic amines) is 1. The van der Waals surface area contributed by atoms with Crippen LogP contribution >= 0.6 is 0 Å². The van der Waals surface area contributed by atoms with Gasteiger partial charge in [-0.3, -0.25) is 0 Å². The Morgan fingerprint density at radius 3 is 2.81 bits per heavy atom. The van der Waals surface area contributed by atoms with Crippen LogP contribution in [-0.2, 0) is 0 Å². The molecule has 1 rings (SSSR count). The van der Waals surface area contributed by atoms with Gasteiger partial charge in [-0.25, -0.2) is 0 Å². The molecule has 0 aromatic heterocycles. The van der Waals surface area contributed by atoms with Crippen molar-refractivity contribution in [3.05, 3.63) is 0 Å². The minimum absolute atomic E-state index is 0.204. The summed E-state index contributed by atoms with van der Waals surface area (Å²) in [6.45, 7) is 8.94. The highest BCUT2D eigenvalue weighted by molar-refractivity contribution is 4.79. The number of piperidine rings is 1. The Morgan fingerprint density at radius 1 is 1.44 bits per heavy atom. The van der Waals surface area contributed by atoms with Gasteiger partial charge in [0.2, 0.25) is 0 Å². The highest BCUT2D eigenvalue weighted by atomic mass is 15.1. The Hall–Kier alpha value is -0.120. The van der Waals surface area contributed by atoms with Gasteiger partial charge in [-0.1, -0.05) is 0 Å². The van der Waals surface area contributed by atoms with E-state index >= 15 is 0 Å². The second-order valence-electron chi connectivity index (χ2n) is 5.91. The van der Waals surface area contributed by atoms with Gasteiger partial charge in [-0.15, -0.1) is 0 Å². The summed E-state index contributed by atoms with van der Waals surface area (Å²) in [7, 11) is 2.23. The van der Waals surface area contributed by atoms with Gasteiger partial charge in [0.25, 0.3) is 0 Å². The van der Waals surface area contributed by atoms with Crippen molar-refractivity contribution in [2.45, 2.75) is 45.1 Å². The van der Waals surface area contributed by atoms with Gasteiger partial charge in [-0.05, 0) is 72.1 Å². The first-order valence-corrected chi connectivity index (χ1v) is 6.67. The first kappa shape index (κ1) is 13.9. The summed E-state index contributed by atoms with van der Waals surface area (Å²) < 4.78 is 0.